The van der Waals surface area contributed by atoms with Crippen molar-refractivity contribution in [1.29, 1.82) is 0 Å². The van der Waals surface area contributed by atoms with Crippen LogP contribution in [0.15, 0.2) is 18.2 Å². The van der Waals surface area contributed by atoms with Crippen LogP contribution in [0.3, 0.4) is 0 Å². The van der Waals surface area contributed by atoms with E-state index in [2.05, 4.69) is 0 Å². The zero-order valence-corrected chi connectivity index (χ0v) is 9.37. The monoisotopic (exact) mass is 216 g/mol. The van der Waals surface area contributed by atoms with Crippen molar-refractivity contribution < 1.29 is 9.53 Å². The number of hydrogen-bond donors (Lipinski definition) is 0. The Balaban J connectivity index is 1.70. The van der Waals surface area contributed by atoms with Gasteiger partial charge in [0.1, 0.15) is 5.75 Å². The molecule has 0 unspecified atom stereocenters. The van der Waals surface area contributed by atoms with Crippen LogP contribution < -0.4 is 4.74 Å². The Morgan fingerprint density at radius 3 is 3.06 bits per heavy atom. The smallest absolute Gasteiger partial charge is 0.162 e. The molecule has 16 heavy (non-hydrogen) atoms. The Bertz CT molecular complexity index is 419. The van der Waals surface area contributed by atoms with E-state index in [-0.39, 0.29) is 0 Å². The third kappa shape index (κ3) is 1.97. The van der Waals surface area contributed by atoms with Gasteiger partial charge in [0.25, 0.3) is 0 Å². The van der Waals surface area contributed by atoms with Gasteiger partial charge in [-0.1, -0.05) is 12.8 Å². The highest BCUT2D eigenvalue weighted by molar-refractivity contribution is 5.96. The number of Topliss-reactive ketones (excluding diaryl/α,β-unsaturated/α-hetero) is 1. The van der Waals surface area contributed by atoms with Gasteiger partial charge in [-0.3, -0.25) is 4.79 Å². The lowest BCUT2D eigenvalue weighted by atomic mass is 10.0. The predicted octanol–water partition coefficient (Wildman–Crippen LogP) is 2.99. The number of ether oxygens (including phenoxy) is 1. The summed E-state index contributed by atoms with van der Waals surface area (Å²) < 4.78 is 5.43. The lowest BCUT2D eigenvalue weighted by molar-refractivity contribution is 0.0978. The average Bonchev–Trinajstić information content (AvgIpc) is 3.01. The molecular weight excluding hydrogens is 200 g/mol. The van der Waals surface area contributed by atoms with Crippen LogP contribution in [0.1, 0.15) is 41.6 Å². The zero-order valence-electron chi connectivity index (χ0n) is 9.37. The molecular formula is C14H16O2. The second-order valence-corrected chi connectivity index (χ2v) is 4.83. The molecule has 0 spiro atoms. The molecule has 0 saturated heterocycles. The summed E-state index contributed by atoms with van der Waals surface area (Å²) in [5.41, 5.74) is 2.06. The van der Waals surface area contributed by atoms with Crippen molar-refractivity contribution in [3.8, 4) is 5.75 Å². The SMILES string of the molecule is O=C(CCC1CC1)c1ccc2c(c1)CCO2. The summed E-state index contributed by atoms with van der Waals surface area (Å²) in [7, 11) is 0. The molecule has 2 aliphatic rings. The van der Waals surface area contributed by atoms with Gasteiger partial charge in [-0.15, -0.1) is 0 Å². The third-order valence-corrected chi connectivity index (χ3v) is 3.49. The number of ketones is 1. The normalized spacial score (nSPS) is 18.0. The lowest BCUT2D eigenvalue weighted by Crippen LogP contribution is -1.99. The van der Waals surface area contributed by atoms with Gasteiger partial charge in [-0.25, -0.2) is 0 Å². The number of rotatable bonds is 4. The molecule has 1 aliphatic heterocycles. The van der Waals surface area contributed by atoms with Crippen molar-refractivity contribution >= 4 is 5.78 Å². The highest BCUT2D eigenvalue weighted by Crippen LogP contribution is 2.34. The van der Waals surface area contributed by atoms with E-state index in [0.29, 0.717) is 12.2 Å². The molecule has 0 radical (unpaired) electrons. The van der Waals surface area contributed by atoms with Gasteiger partial charge in [0.15, 0.2) is 5.78 Å². The largest absolute Gasteiger partial charge is 0.493 e. The molecule has 1 heterocycles. The van der Waals surface area contributed by atoms with Gasteiger partial charge in [-0.2, -0.15) is 0 Å². The van der Waals surface area contributed by atoms with Gasteiger partial charge in [-0.05, 0) is 36.1 Å². The van der Waals surface area contributed by atoms with Crippen LogP contribution in [0.5, 0.6) is 5.75 Å². The van der Waals surface area contributed by atoms with E-state index in [1.165, 1.54) is 18.4 Å². The summed E-state index contributed by atoms with van der Waals surface area (Å²) >= 11 is 0. The molecule has 2 heteroatoms. The highest BCUT2D eigenvalue weighted by Gasteiger charge is 2.22. The first kappa shape index (κ1) is 9.88. The van der Waals surface area contributed by atoms with E-state index in [4.69, 9.17) is 4.74 Å². The highest BCUT2D eigenvalue weighted by atomic mass is 16.5. The fraction of sp³-hybridized carbons (Fsp3) is 0.500. The van der Waals surface area contributed by atoms with Crippen LogP contribution >= 0.6 is 0 Å². The molecule has 1 aliphatic carbocycles. The zero-order chi connectivity index (χ0) is 11.0. The summed E-state index contributed by atoms with van der Waals surface area (Å²) in [5, 5.41) is 0. The summed E-state index contributed by atoms with van der Waals surface area (Å²) in [6.45, 7) is 0.759. The second kappa shape index (κ2) is 3.93. The minimum Gasteiger partial charge on any atom is -0.493 e. The number of carbonyl (C=O) groups excluding carboxylic acids is 1. The van der Waals surface area contributed by atoms with E-state index in [9.17, 15) is 4.79 Å². The van der Waals surface area contributed by atoms with E-state index >= 15 is 0 Å². The van der Waals surface area contributed by atoms with Crippen LogP contribution in [0.4, 0.5) is 0 Å². The molecule has 1 fully saturated rings. The number of carbonyl (C=O) groups is 1. The second-order valence-electron chi connectivity index (χ2n) is 4.83. The van der Waals surface area contributed by atoms with Crippen LogP contribution in [-0.2, 0) is 6.42 Å². The van der Waals surface area contributed by atoms with Gasteiger partial charge in [0.05, 0.1) is 6.61 Å². The third-order valence-electron chi connectivity index (χ3n) is 3.49. The van der Waals surface area contributed by atoms with E-state index in [0.717, 1.165) is 36.7 Å². The predicted molar refractivity (Wildman–Crippen MR) is 61.9 cm³/mol. The Labute approximate surface area is 95.6 Å². The van der Waals surface area contributed by atoms with Crippen LogP contribution in [0, 0.1) is 5.92 Å². The Hall–Kier alpha value is -1.31. The van der Waals surface area contributed by atoms with Gasteiger partial charge in [0, 0.05) is 18.4 Å². The molecule has 1 aromatic rings. The van der Waals surface area contributed by atoms with Crippen LogP contribution in [0.2, 0.25) is 0 Å². The first-order valence-electron chi connectivity index (χ1n) is 6.12. The first-order chi connectivity index (χ1) is 7.83. The van der Waals surface area contributed by atoms with Crippen molar-refractivity contribution in [3.63, 3.8) is 0 Å². The molecule has 0 N–H and O–H groups in total. The molecule has 0 amide bonds. The van der Waals surface area contributed by atoms with E-state index in [1.54, 1.807) is 0 Å². The average molecular weight is 216 g/mol. The number of benzene rings is 1. The standard InChI is InChI=1S/C14H16O2/c15-13(5-3-10-1-2-10)11-4-6-14-12(9-11)7-8-16-14/h4,6,9-10H,1-3,5,7-8H2. The van der Waals surface area contributed by atoms with Crippen molar-refractivity contribution in [2.45, 2.75) is 32.1 Å². The van der Waals surface area contributed by atoms with Gasteiger partial charge >= 0.3 is 0 Å². The summed E-state index contributed by atoms with van der Waals surface area (Å²) in [6.07, 6.45) is 5.38. The van der Waals surface area contributed by atoms with Crippen molar-refractivity contribution in [3.05, 3.63) is 29.3 Å². The quantitative estimate of drug-likeness (QED) is 0.723. The maximum absolute atomic E-state index is 11.9. The minimum absolute atomic E-state index is 0.293. The molecule has 3 rings (SSSR count). The van der Waals surface area contributed by atoms with Crippen molar-refractivity contribution in [2.24, 2.45) is 5.92 Å². The molecule has 1 aromatic carbocycles. The molecule has 2 nitrogen and oxygen atoms in total. The molecule has 0 aromatic heterocycles. The summed E-state index contributed by atoms with van der Waals surface area (Å²) in [4.78, 5) is 11.9. The first-order valence-corrected chi connectivity index (χ1v) is 6.12. The van der Waals surface area contributed by atoms with E-state index in [1.807, 2.05) is 18.2 Å². The molecule has 1 saturated carbocycles. The fourth-order valence-corrected chi connectivity index (χ4v) is 2.25. The Kier molecular flexibility index (Phi) is 2.43. The number of hydrogen-bond acceptors (Lipinski definition) is 2. The lowest BCUT2D eigenvalue weighted by Gasteiger charge is -2.03. The molecule has 0 atom stereocenters. The van der Waals surface area contributed by atoms with Crippen LogP contribution in [-0.4, -0.2) is 12.4 Å². The van der Waals surface area contributed by atoms with Gasteiger partial charge < -0.3 is 4.74 Å². The summed E-state index contributed by atoms with van der Waals surface area (Å²) in [5.74, 6) is 2.09. The Morgan fingerprint density at radius 2 is 2.25 bits per heavy atom. The maximum Gasteiger partial charge on any atom is 0.162 e. The molecule has 0 bridgehead atoms. The maximum atomic E-state index is 11.9. The van der Waals surface area contributed by atoms with Crippen molar-refractivity contribution in [2.75, 3.05) is 6.61 Å². The van der Waals surface area contributed by atoms with E-state index < -0.39 is 0 Å². The van der Waals surface area contributed by atoms with Crippen LogP contribution in [0.25, 0.3) is 0 Å². The fourth-order valence-electron chi connectivity index (χ4n) is 2.25. The minimum atomic E-state index is 0.293. The van der Waals surface area contributed by atoms with Gasteiger partial charge in [0.2, 0.25) is 0 Å². The number of fused-ring (bicyclic) bond motifs is 1. The molecule has 84 valence electrons. The Morgan fingerprint density at radius 1 is 1.38 bits per heavy atom. The van der Waals surface area contributed by atoms with Crippen molar-refractivity contribution in [1.82, 2.24) is 0 Å². The topological polar surface area (TPSA) is 26.3 Å². The summed E-state index contributed by atoms with van der Waals surface area (Å²) in [6, 6.07) is 5.85.